The van der Waals surface area contributed by atoms with Crippen molar-refractivity contribution in [3.63, 3.8) is 0 Å². The number of benzene rings is 1. The van der Waals surface area contributed by atoms with Gasteiger partial charge in [0.05, 0.1) is 11.6 Å². The molecule has 1 aromatic rings. The van der Waals surface area contributed by atoms with Gasteiger partial charge in [-0.2, -0.15) is 0 Å². The number of carboxylic acids is 1. The van der Waals surface area contributed by atoms with Crippen LogP contribution in [0.5, 0.6) is 0 Å². The molecule has 0 spiro atoms. The zero-order valence-electron chi connectivity index (χ0n) is 10.1. The van der Waals surface area contributed by atoms with Crippen LogP contribution in [0.1, 0.15) is 22.8 Å². The molecule has 0 bridgehead atoms. The van der Waals surface area contributed by atoms with Crippen molar-refractivity contribution in [3.8, 4) is 0 Å². The molecule has 1 atom stereocenters. The fraction of sp³-hybridized carbons (Fsp3) is 0.333. The van der Waals surface area contributed by atoms with Crippen molar-refractivity contribution in [1.82, 2.24) is 5.32 Å². The largest absolute Gasteiger partial charge is 0.478 e. The number of anilines is 1. The lowest BCUT2D eigenvalue weighted by Gasteiger charge is -2.13. The summed E-state index contributed by atoms with van der Waals surface area (Å²) < 4.78 is 0. The first kappa shape index (κ1) is 13.2. The molecule has 0 fully saturated rings. The van der Waals surface area contributed by atoms with Crippen LogP contribution in [0.3, 0.4) is 0 Å². The molecule has 0 saturated carbocycles. The van der Waals surface area contributed by atoms with E-state index in [4.69, 9.17) is 5.11 Å². The third-order valence-electron chi connectivity index (χ3n) is 2.57. The van der Waals surface area contributed by atoms with Gasteiger partial charge in [0.25, 0.3) is 0 Å². The van der Waals surface area contributed by atoms with Crippen molar-refractivity contribution in [1.29, 1.82) is 0 Å². The molecule has 1 aromatic carbocycles. The number of amides is 1. The first-order chi connectivity index (χ1) is 7.95. The van der Waals surface area contributed by atoms with Gasteiger partial charge >= 0.3 is 5.97 Å². The van der Waals surface area contributed by atoms with E-state index >= 15 is 0 Å². The molecular weight excluding hydrogens is 220 g/mol. The Morgan fingerprint density at radius 1 is 1.35 bits per heavy atom. The number of aromatic carboxylic acids is 1. The van der Waals surface area contributed by atoms with Crippen LogP contribution in [-0.2, 0) is 4.79 Å². The van der Waals surface area contributed by atoms with Crippen molar-refractivity contribution < 1.29 is 14.7 Å². The number of hydrogen-bond acceptors (Lipinski definition) is 3. The van der Waals surface area contributed by atoms with Crippen LogP contribution in [0.25, 0.3) is 0 Å². The molecule has 0 aliphatic rings. The lowest BCUT2D eigenvalue weighted by Crippen LogP contribution is -2.35. The molecule has 1 unspecified atom stereocenters. The molecule has 0 aliphatic heterocycles. The van der Waals surface area contributed by atoms with Gasteiger partial charge in [-0.1, -0.05) is 6.07 Å². The van der Waals surface area contributed by atoms with Crippen LogP contribution in [0.15, 0.2) is 18.2 Å². The smallest absolute Gasteiger partial charge is 0.335 e. The van der Waals surface area contributed by atoms with E-state index in [0.29, 0.717) is 5.69 Å². The standard InChI is InChI=1S/C12H16N2O3/c1-7-4-5-9(12(16)17)6-10(7)14-11(15)8(2)13-3/h4-6,8,13H,1-3H3,(H,14,15)(H,16,17). The van der Waals surface area contributed by atoms with Gasteiger partial charge in [0.2, 0.25) is 5.91 Å². The van der Waals surface area contributed by atoms with Gasteiger partial charge < -0.3 is 15.7 Å². The van der Waals surface area contributed by atoms with Crippen LogP contribution >= 0.6 is 0 Å². The van der Waals surface area contributed by atoms with E-state index in [1.165, 1.54) is 12.1 Å². The maximum atomic E-state index is 11.7. The molecule has 1 rings (SSSR count). The van der Waals surface area contributed by atoms with Gasteiger partial charge in [-0.25, -0.2) is 4.79 Å². The Morgan fingerprint density at radius 2 is 2.00 bits per heavy atom. The number of nitrogens with one attached hydrogen (secondary N) is 2. The Hall–Kier alpha value is -1.88. The summed E-state index contributed by atoms with van der Waals surface area (Å²) >= 11 is 0. The summed E-state index contributed by atoms with van der Waals surface area (Å²) in [6, 6.07) is 4.30. The molecule has 3 N–H and O–H groups in total. The van der Waals surface area contributed by atoms with Crippen LogP contribution < -0.4 is 10.6 Å². The van der Waals surface area contributed by atoms with E-state index in [1.54, 1.807) is 20.0 Å². The number of carbonyl (C=O) groups is 2. The van der Waals surface area contributed by atoms with Gasteiger partial charge in [0.1, 0.15) is 0 Å². The average molecular weight is 236 g/mol. The highest BCUT2D eigenvalue weighted by molar-refractivity contribution is 5.97. The lowest BCUT2D eigenvalue weighted by atomic mass is 10.1. The summed E-state index contributed by atoms with van der Waals surface area (Å²) in [6.07, 6.45) is 0. The number of rotatable bonds is 4. The molecule has 0 radical (unpaired) electrons. The van der Waals surface area contributed by atoms with Crippen molar-refractivity contribution >= 4 is 17.6 Å². The Bertz CT molecular complexity index is 443. The molecule has 0 saturated heterocycles. The van der Waals surface area contributed by atoms with E-state index in [1.807, 2.05) is 6.92 Å². The van der Waals surface area contributed by atoms with Crippen molar-refractivity contribution in [2.75, 3.05) is 12.4 Å². The van der Waals surface area contributed by atoms with Crippen LogP contribution in [0.2, 0.25) is 0 Å². The predicted octanol–water partition coefficient (Wildman–Crippen LogP) is 1.24. The average Bonchev–Trinajstić information content (AvgIpc) is 2.30. The second-order valence-electron chi connectivity index (χ2n) is 3.83. The molecule has 0 heterocycles. The maximum Gasteiger partial charge on any atom is 0.335 e. The highest BCUT2D eigenvalue weighted by atomic mass is 16.4. The molecule has 0 aromatic heterocycles. The summed E-state index contributed by atoms with van der Waals surface area (Å²) in [6.45, 7) is 3.54. The van der Waals surface area contributed by atoms with E-state index in [2.05, 4.69) is 10.6 Å². The highest BCUT2D eigenvalue weighted by Gasteiger charge is 2.13. The number of likely N-dealkylation sites (N-methyl/N-ethyl adjacent to an activating group) is 1. The Kier molecular flexibility index (Phi) is 4.23. The zero-order valence-corrected chi connectivity index (χ0v) is 10.1. The molecule has 5 heteroatoms. The molecule has 1 amide bonds. The second-order valence-corrected chi connectivity index (χ2v) is 3.83. The fourth-order valence-electron chi connectivity index (χ4n) is 1.26. The van der Waals surface area contributed by atoms with Crippen molar-refractivity contribution in [3.05, 3.63) is 29.3 Å². The van der Waals surface area contributed by atoms with E-state index in [-0.39, 0.29) is 17.5 Å². The summed E-state index contributed by atoms with van der Waals surface area (Å²) in [7, 11) is 1.69. The van der Waals surface area contributed by atoms with Gasteiger partial charge in [0, 0.05) is 5.69 Å². The third-order valence-corrected chi connectivity index (χ3v) is 2.57. The van der Waals surface area contributed by atoms with E-state index < -0.39 is 5.97 Å². The second kappa shape index (κ2) is 5.45. The minimum Gasteiger partial charge on any atom is -0.478 e. The van der Waals surface area contributed by atoms with Crippen molar-refractivity contribution in [2.24, 2.45) is 0 Å². The maximum absolute atomic E-state index is 11.7. The highest BCUT2D eigenvalue weighted by Crippen LogP contribution is 2.17. The summed E-state index contributed by atoms with van der Waals surface area (Å²) in [5.41, 5.74) is 1.51. The summed E-state index contributed by atoms with van der Waals surface area (Å²) in [5.74, 6) is -1.21. The SMILES string of the molecule is CNC(C)C(=O)Nc1cc(C(=O)O)ccc1C. The summed E-state index contributed by atoms with van der Waals surface area (Å²) in [5, 5.41) is 14.4. The monoisotopic (exact) mass is 236 g/mol. The van der Waals surface area contributed by atoms with Gasteiger partial charge in [-0.05, 0) is 38.6 Å². The fourth-order valence-corrected chi connectivity index (χ4v) is 1.26. The minimum atomic E-state index is -1.01. The Morgan fingerprint density at radius 3 is 2.53 bits per heavy atom. The van der Waals surface area contributed by atoms with E-state index in [9.17, 15) is 9.59 Å². The first-order valence-electron chi connectivity index (χ1n) is 5.27. The normalized spacial score (nSPS) is 11.9. The number of aryl methyl sites for hydroxylation is 1. The van der Waals surface area contributed by atoms with Gasteiger partial charge in [-0.3, -0.25) is 4.79 Å². The Balaban J connectivity index is 2.94. The molecule has 92 valence electrons. The quantitative estimate of drug-likeness (QED) is 0.735. The Labute approximate surface area is 99.8 Å². The zero-order chi connectivity index (χ0) is 13.0. The molecule has 0 aliphatic carbocycles. The molecule has 5 nitrogen and oxygen atoms in total. The topological polar surface area (TPSA) is 78.4 Å². The first-order valence-corrected chi connectivity index (χ1v) is 5.27. The molecular formula is C12H16N2O3. The third kappa shape index (κ3) is 3.29. The van der Waals surface area contributed by atoms with Crippen LogP contribution in [-0.4, -0.2) is 30.1 Å². The predicted molar refractivity (Wildman–Crippen MR) is 65.3 cm³/mol. The van der Waals surface area contributed by atoms with Crippen LogP contribution in [0, 0.1) is 6.92 Å². The number of hydrogen-bond donors (Lipinski definition) is 3. The van der Waals surface area contributed by atoms with Crippen molar-refractivity contribution in [2.45, 2.75) is 19.9 Å². The number of carbonyl (C=O) groups excluding carboxylic acids is 1. The summed E-state index contributed by atoms with van der Waals surface area (Å²) in [4.78, 5) is 22.5. The lowest BCUT2D eigenvalue weighted by molar-refractivity contribution is -0.117. The number of carboxylic acid groups (broad SMARTS) is 1. The van der Waals surface area contributed by atoms with Gasteiger partial charge in [0.15, 0.2) is 0 Å². The molecule has 17 heavy (non-hydrogen) atoms. The van der Waals surface area contributed by atoms with E-state index in [0.717, 1.165) is 5.56 Å². The minimum absolute atomic E-state index is 0.156. The van der Waals surface area contributed by atoms with Gasteiger partial charge in [-0.15, -0.1) is 0 Å². The van der Waals surface area contributed by atoms with Crippen LogP contribution in [0.4, 0.5) is 5.69 Å².